The highest BCUT2D eigenvalue weighted by Crippen LogP contribution is 2.32. The van der Waals surface area contributed by atoms with Crippen molar-refractivity contribution < 1.29 is 27.8 Å². The molecule has 0 aliphatic heterocycles. The third-order valence-electron chi connectivity index (χ3n) is 5.43. The van der Waals surface area contributed by atoms with Gasteiger partial charge in [0, 0.05) is 23.9 Å². The monoisotopic (exact) mass is 521 g/mol. The van der Waals surface area contributed by atoms with Gasteiger partial charge >= 0.3 is 12.1 Å². The molecule has 38 heavy (non-hydrogen) atoms. The highest BCUT2D eigenvalue weighted by atomic mass is 19.3. The van der Waals surface area contributed by atoms with Gasteiger partial charge in [-0.1, -0.05) is 18.2 Å². The topological polar surface area (TPSA) is 121 Å². The van der Waals surface area contributed by atoms with Crippen molar-refractivity contribution in [2.24, 2.45) is 0 Å². The van der Waals surface area contributed by atoms with Gasteiger partial charge in [-0.05, 0) is 85.0 Å². The van der Waals surface area contributed by atoms with Crippen molar-refractivity contribution in [2.75, 3.05) is 24.7 Å². The molecule has 0 aromatic heterocycles. The smallest absolute Gasteiger partial charge is 0.426 e. The molecule has 0 aliphatic carbocycles. The van der Waals surface area contributed by atoms with Gasteiger partial charge in [-0.15, -0.1) is 0 Å². The highest BCUT2D eigenvalue weighted by Gasteiger charge is 2.34. The first kappa shape index (κ1) is 28.0. The van der Waals surface area contributed by atoms with Crippen LogP contribution in [0, 0.1) is 11.3 Å². The minimum Gasteiger partial charge on any atom is -0.494 e. The minimum absolute atomic E-state index is 0.0338. The molecule has 0 saturated carbocycles. The Labute approximate surface area is 220 Å². The Bertz CT molecular complexity index is 1270. The molecule has 0 spiro atoms. The van der Waals surface area contributed by atoms with Crippen molar-refractivity contribution in [2.45, 2.75) is 31.8 Å². The van der Waals surface area contributed by atoms with E-state index in [4.69, 9.17) is 30.9 Å². The van der Waals surface area contributed by atoms with Crippen molar-refractivity contribution in [3.8, 4) is 17.6 Å². The molecular formula is C29H29F2N3O4. The molecule has 0 aliphatic rings. The molecule has 198 valence electrons. The quantitative estimate of drug-likeness (QED) is 0.125. The fourth-order valence-corrected chi connectivity index (χ4v) is 3.43. The van der Waals surface area contributed by atoms with Crippen LogP contribution < -0.4 is 20.9 Å². The van der Waals surface area contributed by atoms with Crippen LogP contribution in [0.2, 0.25) is 0 Å². The largest absolute Gasteiger partial charge is 0.494 e. The standard InChI is InChI=1S/C29H29F2N3O4/c30-29(31,23-9-14-25(15-10-23)36-18-2-1-17-32)38-26-12-5-21(6-13-26)7-16-28(35)37-19-3-4-22-8-11-24(33)20-27(22)34/h5-16,20H,1-4,18-19,33-34H2/b16-7+. The fourth-order valence-electron chi connectivity index (χ4n) is 3.43. The van der Waals surface area contributed by atoms with Crippen molar-refractivity contribution in [1.29, 1.82) is 5.26 Å². The van der Waals surface area contributed by atoms with Crippen molar-refractivity contribution in [3.63, 3.8) is 0 Å². The van der Waals surface area contributed by atoms with Crippen LogP contribution in [0.5, 0.6) is 11.5 Å². The number of carbonyl (C=O) groups excluding carboxylic acids is 1. The third-order valence-corrected chi connectivity index (χ3v) is 5.43. The Morgan fingerprint density at radius 2 is 1.66 bits per heavy atom. The SMILES string of the molecule is N#CCCCOc1ccc(C(F)(F)Oc2ccc(/C=C/C(=O)OCCCc3ccc(N)cc3N)cc2)cc1. The number of hydrogen-bond donors (Lipinski definition) is 2. The van der Waals surface area contributed by atoms with Crippen LogP contribution in [0.1, 0.15) is 36.0 Å². The summed E-state index contributed by atoms with van der Waals surface area (Å²) in [5, 5.41) is 8.52. The first-order valence-corrected chi connectivity index (χ1v) is 12.0. The third kappa shape index (κ3) is 8.82. The number of carbonyl (C=O) groups is 1. The Balaban J connectivity index is 1.44. The molecule has 0 saturated heterocycles. The Morgan fingerprint density at radius 1 is 0.947 bits per heavy atom. The van der Waals surface area contributed by atoms with Gasteiger partial charge in [0.05, 0.1) is 24.8 Å². The summed E-state index contributed by atoms with van der Waals surface area (Å²) in [5.74, 6) is -0.114. The molecule has 0 amide bonds. The molecule has 3 aromatic carbocycles. The van der Waals surface area contributed by atoms with Gasteiger partial charge in [0.15, 0.2) is 0 Å². The molecule has 0 radical (unpaired) electrons. The molecule has 0 heterocycles. The number of hydrogen-bond acceptors (Lipinski definition) is 7. The predicted octanol–water partition coefficient (Wildman–Crippen LogP) is 5.85. The van der Waals surface area contributed by atoms with Crippen LogP contribution >= 0.6 is 0 Å². The summed E-state index contributed by atoms with van der Waals surface area (Å²) in [6, 6.07) is 18.5. The predicted molar refractivity (Wildman–Crippen MR) is 141 cm³/mol. The van der Waals surface area contributed by atoms with Gasteiger partial charge < -0.3 is 25.7 Å². The second-order valence-electron chi connectivity index (χ2n) is 8.39. The number of rotatable bonds is 13. The summed E-state index contributed by atoms with van der Waals surface area (Å²) in [6.45, 7) is 0.557. The van der Waals surface area contributed by atoms with Gasteiger partial charge in [-0.25, -0.2) is 4.79 Å². The molecule has 3 aromatic rings. The molecule has 7 nitrogen and oxygen atoms in total. The first-order chi connectivity index (χ1) is 18.3. The Morgan fingerprint density at radius 3 is 2.34 bits per heavy atom. The number of nitriles is 1. The van der Waals surface area contributed by atoms with E-state index in [-0.39, 0.29) is 17.9 Å². The normalized spacial score (nSPS) is 11.2. The van der Waals surface area contributed by atoms with Gasteiger partial charge in [0.1, 0.15) is 11.5 Å². The number of aryl methyl sites for hydroxylation is 1. The Hall–Kier alpha value is -4.58. The van der Waals surface area contributed by atoms with Gasteiger partial charge in [0.2, 0.25) is 0 Å². The number of nitrogen functional groups attached to an aromatic ring is 2. The number of esters is 1. The number of nitrogens with zero attached hydrogens (tertiary/aromatic N) is 1. The molecule has 0 fully saturated rings. The summed E-state index contributed by atoms with van der Waals surface area (Å²) in [7, 11) is 0. The van der Waals surface area contributed by atoms with Crippen LogP contribution in [-0.2, 0) is 22.1 Å². The summed E-state index contributed by atoms with van der Waals surface area (Å²) >= 11 is 0. The lowest BCUT2D eigenvalue weighted by molar-refractivity contribution is -0.185. The van der Waals surface area contributed by atoms with Crippen LogP contribution in [0.15, 0.2) is 72.8 Å². The number of nitrogens with two attached hydrogens (primary N) is 2. The van der Waals surface area contributed by atoms with E-state index in [1.54, 1.807) is 24.3 Å². The maximum atomic E-state index is 14.6. The van der Waals surface area contributed by atoms with E-state index in [1.807, 2.05) is 12.1 Å². The number of benzene rings is 3. The summed E-state index contributed by atoms with van der Waals surface area (Å²) in [6.07, 6.45) is 1.42. The van der Waals surface area contributed by atoms with Crippen molar-refractivity contribution in [3.05, 3.63) is 89.5 Å². The lowest BCUT2D eigenvalue weighted by atomic mass is 10.1. The van der Waals surface area contributed by atoms with Crippen LogP contribution in [0.25, 0.3) is 6.08 Å². The van der Waals surface area contributed by atoms with Gasteiger partial charge in [-0.3, -0.25) is 0 Å². The first-order valence-electron chi connectivity index (χ1n) is 12.0. The number of ether oxygens (including phenoxy) is 3. The molecule has 3 rings (SSSR count). The van der Waals surface area contributed by atoms with Crippen LogP contribution in [0.3, 0.4) is 0 Å². The van der Waals surface area contributed by atoms with E-state index >= 15 is 0 Å². The molecule has 9 heteroatoms. The van der Waals surface area contributed by atoms with E-state index in [1.165, 1.54) is 48.6 Å². The Kier molecular flexibility index (Phi) is 10.1. The summed E-state index contributed by atoms with van der Waals surface area (Å²) in [5.41, 5.74) is 14.0. The van der Waals surface area contributed by atoms with Crippen LogP contribution in [-0.4, -0.2) is 19.2 Å². The fraction of sp³-hybridized carbons (Fsp3) is 0.241. The maximum Gasteiger partial charge on any atom is 0.426 e. The van der Waals surface area contributed by atoms with E-state index in [0.717, 1.165) is 5.56 Å². The highest BCUT2D eigenvalue weighted by molar-refractivity contribution is 5.87. The lowest BCUT2D eigenvalue weighted by Crippen LogP contribution is -2.21. The average Bonchev–Trinajstić information content (AvgIpc) is 2.90. The number of unbranched alkanes of at least 4 members (excludes halogenated alkanes) is 1. The molecule has 4 N–H and O–H groups in total. The number of halogens is 2. The van der Waals surface area contributed by atoms with Gasteiger partial charge in [0.25, 0.3) is 0 Å². The van der Waals surface area contributed by atoms with Gasteiger partial charge in [-0.2, -0.15) is 14.0 Å². The minimum atomic E-state index is -3.56. The zero-order chi connectivity index (χ0) is 27.4. The molecule has 0 bridgehead atoms. The summed E-state index contributed by atoms with van der Waals surface area (Å²) in [4.78, 5) is 12.0. The van der Waals surface area contributed by atoms with E-state index in [2.05, 4.69) is 0 Å². The zero-order valence-electron chi connectivity index (χ0n) is 20.7. The lowest BCUT2D eigenvalue weighted by Gasteiger charge is -2.18. The van der Waals surface area contributed by atoms with Crippen LogP contribution in [0.4, 0.5) is 20.2 Å². The van der Waals surface area contributed by atoms with E-state index < -0.39 is 12.1 Å². The summed E-state index contributed by atoms with van der Waals surface area (Å²) < 4.78 is 44.7. The van der Waals surface area contributed by atoms with Crippen molar-refractivity contribution >= 4 is 23.4 Å². The van der Waals surface area contributed by atoms with Crippen molar-refractivity contribution in [1.82, 2.24) is 0 Å². The second kappa shape index (κ2) is 13.7. The number of alkyl halides is 2. The number of anilines is 2. The average molecular weight is 522 g/mol. The molecule has 0 unspecified atom stereocenters. The van der Waals surface area contributed by atoms with E-state index in [0.29, 0.717) is 55.0 Å². The molecule has 0 atom stereocenters. The molecular weight excluding hydrogens is 492 g/mol. The van der Waals surface area contributed by atoms with E-state index in [9.17, 15) is 13.6 Å². The second-order valence-corrected chi connectivity index (χ2v) is 8.39. The zero-order valence-corrected chi connectivity index (χ0v) is 20.7. The maximum absolute atomic E-state index is 14.6.